The summed E-state index contributed by atoms with van der Waals surface area (Å²) in [5, 5.41) is 2.66. The Bertz CT molecular complexity index is 854. The van der Waals surface area contributed by atoms with Gasteiger partial charge >= 0.3 is 0 Å². The molecule has 9 nitrogen and oxygen atoms in total. The average Bonchev–Trinajstić information content (AvgIpc) is 2.75. The lowest BCUT2D eigenvalue weighted by Crippen LogP contribution is -2.29. The predicted molar refractivity (Wildman–Crippen MR) is 111 cm³/mol. The van der Waals surface area contributed by atoms with E-state index in [0.29, 0.717) is 18.7 Å². The number of pyridine rings is 1. The van der Waals surface area contributed by atoms with E-state index in [2.05, 4.69) is 15.7 Å². The second-order valence-electron chi connectivity index (χ2n) is 6.15. The highest BCUT2D eigenvalue weighted by Gasteiger charge is 2.17. The standard InChI is InChI=1S/C12H17N3O3.C8H10F2N2O/c1-3-4-10(18-2)12(17)15-8-5-6-14-9(7-8)11(13)16;9-6-2-1-3-7(8(6)10)13-5-4-12-11/h5-7,10H,3-4H2,1-2H3,(H2,13,16)(H,14,15,17);1-3,12H,4-5,11H2. The van der Waals surface area contributed by atoms with E-state index < -0.39 is 23.6 Å². The van der Waals surface area contributed by atoms with Crippen LogP contribution < -0.4 is 27.1 Å². The Hall–Kier alpha value is -3.15. The van der Waals surface area contributed by atoms with Crippen molar-refractivity contribution in [2.24, 2.45) is 11.6 Å². The monoisotopic (exact) mass is 439 g/mol. The van der Waals surface area contributed by atoms with E-state index in [1.165, 1.54) is 31.5 Å². The van der Waals surface area contributed by atoms with E-state index in [4.69, 9.17) is 21.1 Å². The zero-order chi connectivity index (χ0) is 23.2. The number of methoxy groups -OCH3 is 1. The molecule has 2 aromatic rings. The minimum absolute atomic E-state index is 0.102. The molecule has 1 aromatic heterocycles. The van der Waals surface area contributed by atoms with Crippen molar-refractivity contribution >= 4 is 17.5 Å². The molecule has 1 aromatic carbocycles. The number of anilines is 1. The van der Waals surface area contributed by atoms with Gasteiger partial charge in [-0.25, -0.2) is 4.39 Å². The summed E-state index contributed by atoms with van der Waals surface area (Å²) in [4.78, 5) is 26.6. The Kier molecular flexibility index (Phi) is 11.7. The molecule has 1 unspecified atom stereocenters. The molecule has 2 amide bonds. The van der Waals surface area contributed by atoms with Crippen molar-refractivity contribution in [1.29, 1.82) is 0 Å². The molecule has 1 heterocycles. The Labute approximate surface area is 179 Å². The van der Waals surface area contributed by atoms with Gasteiger partial charge in [0.15, 0.2) is 11.6 Å². The van der Waals surface area contributed by atoms with Gasteiger partial charge in [0.25, 0.3) is 11.8 Å². The van der Waals surface area contributed by atoms with Crippen LogP contribution in [0.15, 0.2) is 36.5 Å². The molecule has 0 aliphatic heterocycles. The topological polar surface area (TPSA) is 142 Å². The molecule has 0 bridgehead atoms. The van der Waals surface area contributed by atoms with Crippen LogP contribution in [0, 0.1) is 11.6 Å². The van der Waals surface area contributed by atoms with Crippen molar-refractivity contribution in [3.05, 3.63) is 53.9 Å². The molecule has 0 radical (unpaired) electrons. The number of amides is 2. The van der Waals surface area contributed by atoms with Gasteiger partial charge in [-0.3, -0.25) is 25.8 Å². The lowest BCUT2D eigenvalue weighted by atomic mass is 10.2. The van der Waals surface area contributed by atoms with E-state index >= 15 is 0 Å². The minimum Gasteiger partial charge on any atom is -0.489 e. The summed E-state index contributed by atoms with van der Waals surface area (Å²) in [6, 6.07) is 6.78. The number of nitrogens with zero attached hydrogens (tertiary/aromatic N) is 1. The largest absolute Gasteiger partial charge is 0.489 e. The molecule has 1 atom stereocenters. The zero-order valence-electron chi connectivity index (χ0n) is 17.4. The molecule has 2 rings (SSSR count). The second kappa shape index (κ2) is 14.0. The number of carbonyl (C=O) groups is 2. The Morgan fingerprint density at radius 2 is 2.00 bits per heavy atom. The highest BCUT2D eigenvalue weighted by Crippen LogP contribution is 2.18. The molecule has 31 heavy (non-hydrogen) atoms. The smallest absolute Gasteiger partial charge is 0.267 e. The maximum absolute atomic E-state index is 12.9. The van der Waals surface area contributed by atoms with Crippen LogP contribution in [0.1, 0.15) is 30.3 Å². The zero-order valence-corrected chi connectivity index (χ0v) is 17.4. The first-order valence-corrected chi connectivity index (χ1v) is 9.43. The Morgan fingerprint density at radius 3 is 2.61 bits per heavy atom. The van der Waals surface area contributed by atoms with Crippen LogP contribution in [0.2, 0.25) is 0 Å². The number of nitrogens with one attached hydrogen (secondary N) is 2. The first-order valence-electron chi connectivity index (χ1n) is 9.43. The molecule has 11 heteroatoms. The quantitative estimate of drug-likeness (QED) is 0.251. The van der Waals surface area contributed by atoms with Crippen molar-refractivity contribution in [3.8, 4) is 5.75 Å². The van der Waals surface area contributed by atoms with Crippen LogP contribution in [0.5, 0.6) is 5.75 Å². The summed E-state index contributed by atoms with van der Waals surface area (Å²) in [6.07, 6.45) is 2.39. The van der Waals surface area contributed by atoms with Crippen LogP contribution in [0.3, 0.4) is 0 Å². The SMILES string of the molecule is CCCC(OC)C(=O)Nc1ccnc(C(N)=O)c1.NNCCOc1cccc(F)c1F. The summed E-state index contributed by atoms with van der Waals surface area (Å²) < 4.78 is 35.5. The molecule has 0 saturated carbocycles. The summed E-state index contributed by atoms with van der Waals surface area (Å²) in [7, 11) is 1.49. The Morgan fingerprint density at radius 1 is 1.26 bits per heavy atom. The number of hydrazine groups is 1. The summed E-state index contributed by atoms with van der Waals surface area (Å²) in [6.45, 7) is 2.53. The fourth-order valence-electron chi connectivity index (χ4n) is 2.30. The predicted octanol–water partition coefficient (Wildman–Crippen LogP) is 1.74. The van der Waals surface area contributed by atoms with Crippen LogP contribution in [0.4, 0.5) is 14.5 Å². The molecule has 0 aliphatic carbocycles. The van der Waals surface area contributed by atoms with Gasteiger partial charge in [0.1, 0.15) is 18.4 Å². The van der Waals surface area contributed by atoms with Crippen molar-refractivity contribution in [3.63, 3.8) is 0 Å². The van der Waals surface area contributed by atoms with Gasteiger partial charge in [0, 0.05) is 25.5 Å². The fraction of sp³-hybridized carbons (Fsp3) is 0.350. The van der Waals surface area contributed by atoms with Gasteiger partial charge in [-0.2, -0.15) is 4.39 Å². The van der Waals surface area contributed by atoms with Crippen molar-refractivity contribution < 1.29 is 27.8 Å². The molecule has 0 fully saturated rings. The van der Waals surface area contributed by atoms with Crippen LogP contribution in [0.25, 0.3) is 0 Å². The molecule has 0 saturated heterocycles. The number of hydrogen-bond donors (Lipinski definition) is 4. The van der Waals surface area contributed by atoms with E-state index in [9.17, 15) is 18.4 Å². The van der Waals surface area contributed by atoms with Crippen LogP contribution in [-0.2, 0) is 9.53 Å². The van der Waals surface area contributed by atoms with Crippen LogP contribution in [-0.4, -0.2) is 43.2 Å². The second-order valence-corrected chi connectivity index (χ2v) is 6.15. The fourth-order valence-corrected chi connectivity index (χ4v) is 2.30. The van der Waals surface area contributed by atoms with Gasteiger partial charge in [-0.1, -0.05) is 19.4 Å². The average molecular weight is 439 g/mol. The maximum atomic E-state index is 12.9. The van der Waals surface area contributed by atoms with E-state index in [1.807, 2.05) is 6.92 Å². The third-order valence-electron chi connectivity index (χ3n) is 3.83. The van der Waals surface area contributed by atoms with E-state index in [1.54, 1.807) is 6.07 Å². The molecule has 6 N–H and O–H groups in total. The highest BCUT2D eigenvalue weighted by molar-refractivity contribution is 5.96. The Balaban J connectivity index is 0.000000327. The van der Waals surface area contributed by atoms with Crippen molar-refractivity contribution in [1.82, 2.24) is 10.4 Å². The van der Waals surface area contributed by atoms with Gasteiger partial charge in [0.05, 0.1) is 0 Å². The molecular formula is C20H27F2N5O4. The third-order valence-corrected chi connectivity index (χ3v) is 3.83. The maximum Gasteiger partial charge on any atom is 0.267 e. The number of rotatable bonds is 10. The van der Waals surface area contributed by atoms with Gasteiger partial charge in [-0.15, -0.1) is 0 Å². The van der Waals surface area contributed by atoms with Gasteiger partial charge < -0.3 is 20.5 Å². The summed E-state index contributed by atoms with van der Waals surface area (Å²) >= 11 is 0. The number of primary amides is 1. The van der Waals surface area contributed by atoms with Crippen molar-refractivity contribution in [2.45, 2.75) is 25.9 Å². The molecular weight excluding hydrogens is 412 g/mol. The summed E-state index contributed by atoms with van der Waals surface area (Å²) in [5.74, 6) is 2.08. The number of benzene rings is 1. The number of halogens is 2. The molecule has 0 aliphatic rings. The number of aromatic nitrogens is 1. The molecule has 0 spiro atoms. The van der Waals surface area contributed by atoms with E-state index in [-0.39, 0.29) is 24.0 Å². The molecule has 170 valence electrons. The first-order chi connectivity index (χ1) is 14.8. The normalized spacial score (nSPS) is 11.1. The van der Waals surface area contributed by atoms with Gasteiger partial charge in [0.2, 0.25) is 5.82 Å². The lowest BCUT2D eigenvalue weighted by molar-refractivity contribution is -0.126. The minimum atomic E-state index is -0.973. The highest BCUT2D eigenvalue weighted by atomic mass is 19.2. The summed E-state index contributed by atoms with van der Waals surface area (Å²) in [5.41, 5.74) is 8.02. The first kappa shape index (κ1) is 25.9. The number of ether oxygens (including phenoxy) is 2. The third kappa shape index (κ3) is 9.03. The lowest BCUT2D eigenvalue weighted by Gasteiger charge is -2.14. The number of carbonyl (C=O) groups excluding carboxylic acids is 2. The van der Waals surface area contributed by atoms with Crippen LogP contribution >= 0.6 is 0 Å². The van der Waals surface area contributed by atoms with Gasteiger partial charge in [-0.05, 0) is 30.7 Å². The van der Waals surface area contributed by atoms with Crippen molar-refractivity contribution in [2.75, 3.05) is 25.6 Å². The number of hydrogen-bond acceptors (Lipinski definition) is 7. The van der Waals surface area contributed by atoms with E-state index in [0.717, 1.165) is 12.5 Å². The number of nitrogens with two attached hydrogens (primary N) is 2.